The molecule has 1 aliphatic rings. The first-order chi connectivity index (χ1) is 16.0. The van der Waals surface area contributed by atoms with Crippen LogP contribution in [0, 0.1) is 11.3 Å². The predicted molar refractivity (Wildman–Crippen MR) is 122 cm³/mol. The number of hydrogen-bond donors (Lipinski definition) is 2. The van der Waals surface area contributed by atoms with Gasteiger partial charge in [-0.15, -0.1) is 0 Å². The highest BCUT2D eigenvalue weighted by Crippen LogP contribution is 2.30. The number of benzene rings is 2. The molecule has 33 heavy (non-hydrogen) atoms. The Kier molecular flexibility index (Phi) is 6.77. The summed E-state index contributed by atoms with van der Waals surface area (Å²) in [6.45, 7) is 1.74. The van der Waals surface area contributed by atoms with Gasteiger partial charge in [0.15, 0.2) is 5.58 Å². The first-order valence-corrected chi connectivity index (χ1v) is 10.8. The van der Waals surface area contributed by atoms with Crippen molar-refractivity contribution in [2.75, 3.05) is 26.8 Å². The molecule has 1 amide bonds. The van der Waals surface area contributed by atoms with Crippen LogP contribution in [0.3, 0.4) is 0 Å². The van der Waals surface area contributed by atoms with Crippen LogP contribution in [0.25, 0.3) is 22.2 Å². The zero-order chi connectivity index (χ0) is 23.4. The normalized spacial score (nSPS) is 17.2. The third-order valence-electron chi connectivity index (χ3n) is 5.75. The van der Waals surface area contributed by atoms with Crippen LogP contribution in [0.1, 0.15) is 12.0 Å². The number of rotatable bonds is 6. The van der Waals surface area contributed by atoms with Crippen LogP contribution in [0.4, 0.5) is 0 Å². The molecule has 1 aliphatic heterocycles. The number of methoxy groups -OCH3 is 1. The Morgan fingerprint density at radius 2 is 2.12 bits per heavy atom. The molecule has 0 bridgehead atoms. The molecule has 1 fully saturated rings. The van der Waals surface area contributed by atoms with E-state index in [2.05, 4.69) is 16.7 Å². The van der Waals surface area contributed by atoms with E-state index < -0.39 is 17.9 Å². The van der Waals surface area contributed by atoms with Crippen molar-refractivity contribution in [3.05, 3.63) is 52.5 Å². The summed E-state index contributed by atoms with van der Waals surface area (Å²) in [5.41, 5.74) is 3.80. The van der Waals surface area contributed by atoms with Crippen LogP contribution in [-0.4, -0.2) is 49.4 Å². The summed E-state index contributed by atoms with van der Waals surface area (Å²) in [6.07, 6.45) is 0.529. The van der Waals surface area contributed by atoms with Gasteiger partial charge in [-0.2, -0.15) is 5.26 Å². The minimum atomic E-state index is -0.721. The summed E-state index contributed by atoms with van der Waals surface area (Å²) < 4.78 is 17.8. The molecular formula is C24H26N4O5. The highest BCUT2D eigenvalue weighted by molar-refractivity contribution is 5.82. The van der Waals surface area contributed by atoms with Gasteiger partial charge in [0.25, 0.3) is 5.91 Å². The number of nitrogens with one attached hydrogen (secondary N) is 2. The van der Waals surface area contributed by atoms with Crippen LogP contribution in [0.5, 0.6) is 5.75 Å². The molecule has 0 radical (unpaired) electrons. The number of carbonyl (C=O) groups excluding carboxylic acids is 1. The highest BCUT2D eigenvalue weighted by atomic mass is 16.5. The number of aromatic nitrogens is 1. The molecule has 0 saturated carbocycles. The zero-order valence-electron chi connectivity index (χ0n) is 18.6. The second-order valence-electron chi connectivity index (χ2n) is 7.95. The molecule has 1 aromatic heterocycles. The lowest BCUT2D eigenvalue weighted by Crippen LogP contribution is -2.46. The quantitative estimate of drug-likeness (QED) is 0.587. The van der Waals surface area contributed by atoms with Crippen LogP contribution < -0.4 is 21.1 Å². The Morgan fingerprint density at radius 3 is 2.91 bits per heavy atom. The minimum Gasteiger partial charge on any atom is -0.496 e. The summed E-state index contributed by atoms with van der Waals surface area (Å²) >= 11 is 0. The van der Waals surface area contributed by atoms with E-state index in [0.29, 0.717) is 36.4 Å². The Bertz CT molecular complexity index is 1250. The van der Waals surface area contributed by atoms with Crippen LogP contribution in [0.2, 0.25) is 0 Å². The second-order valence-corrected chi connectivity index (χ2v) is 7.95. The second kappa shape index (κ2) is 9.90. The molecule has 0 spiro atoms. The van der Waals surface area contributed by atoms with Gasteiger partial charge in [-0.1, -0.05) is 18.2 Å². The molecule has 2 atom stereocenters. The van der Waals surface area contributed by atoms with E-state index >= 15 is 0 Å². The molecule has 9 heteroatoms. The average Bonchev–Trinajstić information content (AvgIpc) is 3.01. The van der Waals surface area contributed by atoms with Gasteiger partial charge < -0.3 is 24.5 Å². The SMILES string of the molecule is COc1cc(-c2ccc3oc(=O)n(C)c3c2)ccc1CC(C#N)NC(=O)C1CNCCCO1. The third-order valence-corrected chi connectivity index (χ3v) is 5.75. The first-order valence-electron chi connectivity index (χ1n) is 10.8. The molecule has 2 heterocycles. The van der Waals surface area contributed by atoms with Crippen molar-refractivity contribution in [2.24, 2.45) is 7.05 Å². The van der Waals surface area contributed by atoms with Gasteiger partial charge >= 0.3 is 5.76 Å². The molecule has 2 unspecified atom stereocenters. The number of amides is 1. The largest absolute Gasteiger partial charge is 0.496 e. The lowest BCUT2D eigenvalue weighted by Gasteiger charge is -2.19. The van der Waals surface area contributed by atoms with Gasteiger partial charge in [0.2, 0.25) is 0 Å². The van der Waals surface area contributed by atoms with Crippen LogP contribution >= 0.6 is 0 Å². The monoisotopic (exact) mass is 450 g/mol. The number of oxazole rings is 1. The van der Waals surface area contributed by atoms with Crippen LogP contribution in [-0.2, 0) is 23.0 Å². The fourth-order valence-corrected chi connectivity index (χ4v) is 3.90. The topological polar surface area (TPSA) is 119 Å². The number of carbonyl (C=O) groups is 1. The van der Waals surface area contributed by atoms with E-state index in [4.69, 9.17) is 13.9 Å². The van der Waals surface area contributed by atoms with Gasteiger partial charge in [0.1, 0.15) is 17.9 Å². The van der Waals surface area contributed by atoms with E-state index in [0.717, 1.165) is 29.7 Å². The number of aryl methyl sites for hydroxylation is 1. The van der Waals surface area contributed by atoms with E-state index in [1.165, 1.54) is 4.57 Å². The number of nitriles is 1. The Hall–Kier alpha value is -3.61. The van der Waals surface area contributed by atoms with E-state index in [9.17, 15) is 14.9 Å². The number of fused-ring (bicyclic) bond motifs is 1. The fourth-order valence-electron chi connectivity index (χ4n) is 3.90. The van der Waals surface area contributed by atoms with E-state index in [1.807, 2.05) is 30.3 Å². The summed E-state index contributed by atoms with van der Waals surface area (Å²) in [6, 6.07) is 12.6. The van der Waals surface area contributed by atoms with Crippen LogP contribution in [0.15, 0.2) is 45.6 Å². The molecule has 0 aliphatic carbocycles. The van der Waals surface area contributed by atoms with Crippen molar-refractivity contribution in [3.8, 4) is 22.9 Å². The lowest BCUT2D eigenvalue weighted by molar-refractivity contribution is -0.132. The number of ether oxygens (including phenoxy) is 2. The average molecular weight is 450 g/mol. The molecule has 2 aromatic carbocycles. The first kappa shape index (κ1) is 22.6. The maximum absolute atomic E-state index is 12.5. The van der Waals surface area contributed by atoms with Gasteiger partial charge in [-0.3, -0.25) is 9.36 Å². The van der Waals surface area contributed by atoms with Gasteiger partial charge in [-0.25, -0.2) is 4.79 Å². The zero-order valence-corrected chi connectivity index (χ0v) is 18.6. The van der Waals surface area contributed by atoms with Crippen molar-refractivity contribution in [1.29, 1.82) is 5.26 Å². The molecule has 172 valence electrons. The Morgan fingerprint density at radius 1 is 1.33 bits per heavy atom. The predicted octanol–water partition coefficient (Wildman–Crippen LogP) is 1.74. The standard InChI is InChI=1S/C24H26N4O5/c1-28-19-11-15(6-7-20(19)33-24(28)30)16-4-5-17(21(12-16)31-2)10-18(13-25)27-23(29)22-14-26-8-3-9-32-22/h4-7,11-12,18,22,26H,3,8-10,14H2,1-2H3,(H,27,29). The Labute approximate surface area is 190 Å². The van der Waals surface area contributed by atoms with E-state index in [-0.39, 0.29) is 5.91 Å². The summed E-state index contributed by atoms with van der Waals surface area (Å²) in [4.78, 5) is 24.3. The summed E-state index contributed by atoms with van der Waals surface area (Å²) in [5, 5.41) is 15.6. The van der Waals surface area contributed by atoms with Crippen molar-refractivity contribution >= 4 is 17.0 Å². The molecule has 2 N–H and O–H groups in total. The van der Waals surface area contributed by atoms with Crippen molar-refractivity contribution in [1.82, 2.24) is 15.2 Å². The molecule has 9 nitrogen and oxygen atoms in total. The number of nitrogens with zero attached hydrogens (tertiary/aromatic N) is 2. The molecular weight excluding hydrogens is 424 g/mol. The maximum Gasteiger partial charge on any atom is 0.419 e. The molecule has 3 aromatic rings. The fraction of sp³-hybridized carbons (Fsp3) is 0.375. The van der Waals surface area contributed by atoms with Crippen molar-refractivity contribution in [2.45, 2.75) is 25.0 Å². The summed E-state index contributed by atoms with van der Waals surface area (Å²) in [5.74, 6) is -0.106. The summed E-state index contributed by atoms with van der Waals surface area (Å²) in [7, 11) is 3.23. The smallest absolute Gasteiger partial charge is 0.419 e. The molecule has 1 saturated heterocycles. The number of hydrogen-bond acceptors (Lipinski definition) is 7. The highest BCUT2D eigenvalue weighted by Gasteiger charge is 2.24. The molecule has 4 rings (SSSR count). The van der Waals surface area contributed by atoms with Gasteiger partial charge in [-0.05, 0) is 47.9 Å². The minimum absolute atomic E-state index is 0.293. The van der Waals surface area contributed by atoms with Crippen molar-refractivity contribution in [3.63, 3.8) is 0 Å². The van der Waals surface area contributed by atoms with Gasteiger partial charge in [0, 0.05) is 26.6 Å². The third kappa shape index (κ3) is 4.92. The van der Waals surface area contributed by atoms with Crippen molar-refractivity contribution < 1.29 is 18.7 Å². The van der Waals surface area contributed by atoms with E-state index in [1.54, 1.807) is 20.2 Å². The van der Waals surface area contributed by atoms with Gasteiger partial charge in [0.05, 0.1) is 18.7 Å². The lowest BCUT2D eigenvalue weighted by atomic mass is 9.99. The maximum atomic E-state index is 12.5. The Balaban J connectivity index is 1.52.